The summed E-state index contributed by atoms with van der Waals surface area (Å²) < 4.78 is 68.4. The van der Waals surface area contributed by atoms with Gasteiger partial charge in [-0.3, -0.25) is 4.79 Å². The van der Waals surface area contributed by atoms with E-state index in [1.54, 1.807) is 0 Å². The molecule has 2 saturated heterocycles. The third kappa shape index (κ3) is 1.94. The zero-order chi connectivity index (χ0) is 14.5. The molecule has 1 unspecified atom stereocenters. The van der Waals surface area contributed by atoms with Crippen molar-refractivity contribution in [2.75, 3.05) is 19.7 Å². The number of carbonyl (C=O) groups is 1. The lowest BCUT2D eigenvalue weighted by Crippen LogP contribution is -2.45. The van der Waals surface area contributed by atoms with Crippen LogP contribution in [0, 0.1) is 5.41 Å². The van der Waals surface area contributed by atoms with Gasteiger partial charge >= 0.3 is 12.1 Å². The van der Waals surface area contributed by atoms with Crippen LogP contribution in [-0.4, -0.2) is 50.8 Å². The van der Waals surface area contributed by atoms with Gasteiger partial charge in [-0.05, 0) is 13.3 Å². The quantitative estimate of drug-likeness (QED) is 0.741. The molecule has 0 amide bonds. The van der Waals surface area contributed by atoms with Crippen LogP contribution in [0.1, 0.15) is 13.3 Å². The summed E-state index contributed by atoms with van der Waals surface area (Å²) in [4.78, 5) is 11.6. The van der Waals surface area contributed by atoms with Gasteiger partial charge < -0.3 is 10.1 Å². The number of ether oxygens (including phenoxy) is 1. The van der Waals surface area contributed by atoms with E-state index in [2.05, 4.69) is 10.1 Å². The minimum absolute atomic E-state index is 0.0627. The number of esters is 1. The molecule has 2 fully saturated rings. The summed E-state index contributed by atoms with van der Waals surface area (Å²) in [6, 6.07) is 0. The van der Waals surface area contributed by atoms with Crippen LogP contribution in [0.4, 0.5) is 13.2 Å². The normalized spacial score (nSPS) is 37.1. The second-order valence-electron chi connectivity index (χ2n) is 4.81. The minimum Gasteiger partial charge on any atom is -0.465 e. The van der Waals surface area contributed by atoms with E-state index in [4.69, 9.17) is 0 Å². The van der Waals surface area contributed by atoms with E-state index in [1.165, 1.54) is 6.92 Å². The zero-order valence-electron chi connectivity index (χ0n) is 10.2. The molecule has 2 aliphatic rings. The average Bonchev–Trinajstić information content (AvgIpc) is 2.77. The van der Waals surface area contributed by atoms with Crippen molar-refractivity contribution in [2.45, 2.75) is 30.0 Å². The second kappa shape index (κ2) is 4.34. The van der Waals surface area contributed by atoms with Gasteiger partial charge in [0.25, 0.3) is 0 Å². The van der Waals surface area contributed by atoms with Gasteiger partial charge in [-0.1, -0.05) is 0 Å². The monoisotopic (exact) mass is 301 g/mol. The Morgan fingerprint density at radius 2 is 2.11 bits per heavy atom. The van der Waals surface area contributed by atoms with Crippen LogP contribution in [0.2, 0.25) is 0 Å². The van der Waals surface area contributed by atoms with Crippen LogP contribution in [0.3, 0.4) is 0 Å². The first kappa shape index (κ1) is 14.6. The third-order valence-corrected chi connectivity index (χ3v) is 6.41. The number of rotatable bonds is 2. The Kier molecular flexibility index (Phi) is 3.33. The lowest BCUT2D eigenvalue weighted by molar-refractivity contribution is -0.215. The van der Waals surface area contributed by atoms with Crippen LogP contribution in [0.15, 0.2) is 0 Å². The summed E-state index contributed by atoms with van der Waals surface area (Å²) >= 11 is 0. The fourth-order valence-electron chi connectivity index (χ4n) is 2.87. The first-order valence-electron chi connectivity index (χ1n) is 5.83. The number of alkyl halides is 3. The molecule has 9 heteroatoms. The largest absolute Gasteiger partial charge is 0.465 e. The summed E-state index contributed by atoms with van der Waals surface area (Å²) in [5.41, 5.74) is -2.37. The van der Waals surface area contributed by atoms with E-state index in [9.17, 15) is 26.4 Å². The van der Waals surface area contributed by atoms with Crippen LogP contribution in [-0.2, 0) is 19.4 Å². The van der Waals surface area contributed by atoms with Gasteiger partial charge in [-0.15, -0.1) is 0 Å². The fourth-order valence-corrected chi connectivity index (χ4v) is 5.42. The predicted octanol–water partition coefficient (Wildman–Crippen LogP) is 0.257. The summed E-state index contributed by atoms with van der Waals surface area (Å²) in [7, 11) is -4.18. The highest BCUT2D eigenvalue weighted by atomic mass is 32.2. The molecule has 0 aromatic carbocycles. The van der Waals surface area contributed by atoms with Crippen LogP contribution < -0.4 is 5.32 Å². The van der Waals surface area contributed by atoms with Crippen molar-refractivity contribution in [1.82, 2.24) is 5.32 Å². The minimum atomic E-state index is -4.67. The Balaban J connectivity index is 2.42. The maximum Gasteiger partial charge on any atom is 0.397 e. The Bertz CT molecular complexity index is 489. The molecule has 0 radical (unpaired) electrons. The van der Waals surface area contributed by atoms with Gasteiger partial charge in [0.15, 0.2) is 15.1 Å². The van der Waals surface area contributed by atoms with Crippen molar-refractivity contribution < 1.29 is 31.1 Å². The second-order valence-corrected chi connectivity index (χ2v) is 7.12. The number of hydrogen-bond acceptors (Lipinski definition) is 5. The van der Waals surface area contributed by atoms with E-state index < -0.39 is 50.9 Å². The first-order valence-corrected chi connectivity index (χ1v) is 7.44. The van der Waals surface area contributed by atoms with Gasteiger partial charge in [-0.25, -0.2) is 8.42 Å². The molecular formula is C10H14F3NO4S. The Labute approximate surface area is 108 Å². The highest BCUT2D eigenvalue weighted by molar-refractivity contribution is 7.93. The van der Waals surface area contributed by atoms with Crippen molar-refractivity contribution in [2.24, 2.45) is 5.41 Å². The third-order valence-electron chi connectivity index (χ3n) is 3.84. The molecule has 1 N–H and O–H groups in total. The van der Waals surface area contributed by atoms with Gasteiger partial charge in [0.2, 0.25) is 0 Å². The summed E-state index contributed by atoms with van der Waals surface area (Å²) in [6.45, 7) is 0.655. The zero-order valence-corrected chi connectivity index (χ0v) is 11.0. The van der Waals surface area contributed by atoms with Crippen molar-refractivity contribution in [3.8, 4) is 0 Å². The van der Waals surface area contributed by atoms with E-state index >= 15 is 0 Å². The van der Waals surface area contributed by atoms with Gasteiger partial charge in [0.05, 0.1) is 17.3 Å². The SMILES string of the molecule is CCOC(=O)C1C[C@@]2(C(F)(F)F)CNC[C@H]2S1(=O)=O. The molecular weight excluding hydrogens is 287 g/mol. The highest BCUT2D eigenvalue weighted by Gasteiger charge is 2.72. The summed E-state index contributed by atoms with van der Waals surface area (Å²) in [5.74, 6) is -1.08. The van der Waals surface area contributed by atoms with Crippen LogP contribution in [0.25, 0.3) is 0 Å². The molecule has 19 heavy (non-hydrogen) atoms. The number of halogens is 3. The standard InChI is InChI=1S/C10H14F3NO4S/c1-2-18-8(15)6-3-9(10(11,12)13)5-14-4-7(9)19(6,16)17/h6-7,14H,2-5H2,1H3/t6?,7-,9-/m1/s1. The van der Waals surface area contributed by atoms with Crippen LogP contribution in [0.5, 0.6) is 0 Å². The lowest BCUT2D eigenvalue weighted by Gasteiger charge is -2.29. The summed E-state index contributed by atoms with van der Waals surface area (Å²) in [6.07, 6.45) is -5.43. The smallest absolute Gasteiger partial charge is 0.397 e. The lowest BCUT2D eigenvalue weighted by atomic mass is 9.81. The topological polar surface area (TPSA) is 72.5 Å². The number of carbonyl (C=O) groups excluding carboxylic acids is 1. The Hall–Kier alpha value is -0.830. The van der Waals surface area contributed by atoms with E-state index in [1.807, 2.05) is 0 Å². The number of nitrogens with one attached hydrogen (secondary N) is 1. The first-order chi connectivity index (χ1) is 8.67. The molecule has 0 aromatic rings. The van der Waals surface area contributed by atoms with E-state index in [0.29, 0.717) is 0 Å². The molecule has 0 aliphatic carbocycles. The van der Waals surface area contributed by atoms with Crippen molar-refractivity contribution in [1.29, 1.82) is 0 Å². The Morgan fingerprint density at radius 1 is 1.47 bits per heavy atom. The van der Waals surface area contributed by atoms with E-state index in [-0.39, 0.29) is 13.2 Å². The average molecular weight is 301 g/mol. The molecule has 0 aromatic heterocycles. The molecule has 110 valence electrons. The number of hydrogen-bond donors (Lipinski definition) is 1. The van der Waals surface area contributed by atoms with Crippen molar-refractivity contribution in [3.63, 3.8) is 0 Å². The number of fused-ring (bicyclic) bond motifs is 1. The van der Waals surface area contributed by atoms with Crippen LogP contribution >= 0.6 is 0 Å². The number of sulfone groups is 1. The molecule has 2 heterocycles. The maximum absolute atomic E-state index is 13.2. The molecule has 5 nitrogen and oxygen atoms in total. The molecule has 2 rings (SSSR count). The van der Waals surface area contributed by atoms with E-state index in [0.717, 1.165) is 0 Å². The van der Waals surface area contributed by atoms with Crippen molar-refractivity contribution >= 4 is 15.8 Å². The Morgan fingerprint density at radius 3 is 2.58 bits per heavy atom. The maximum atomic E-state index is 13.2. The molecule has 0 bridgehead atoms. The van der Waals surface area contributed by atoms with Crippen molar-refractivity contribution in [3.05, 3.63) is 0 Å². The van der Waals surface area contributed by atoms with Gasteiger partial charge in [0, 0.05) is 13.1 Å². The fraction of sp³-hybridized carbons (Fsp3) is 0.900. The van der Waals surface area contributed by atoms with Gasteiger partial charge in [-0.2, -0.15) is 13.2 Å². The molecule has 2 aliphatic heterocycles. The van der Waals surface area contributed by atoms with Gasteiger partial charge in [0.1, 0.15) is 0 Å². The molecule has 3 atom stereocenters. The highest BCUT2D eigenvalue weighted by Crippen LogP contribution is 2.55. The summed E-state index contributed by atoms with van der Waals surface area (Å²) in [5, 5.41) is -0.842. The molecule has 0 saturated carbocycles. The predicted molar refractivity (Wildman–Crippen MR) is 59.1 cm³/mol. The molecule has 0 spiro atoms.